The molecule has 1 rings (SSSR count). The second kappa shape index (κ2) is 7.40. The highest BCUT2D eigenvalue weighted by Gasteiger charge is 2.28. The third-order valence-electron chi connectivity index (χ3n) is 2.63. The van der Waals surface area contributed by atoms with Gasteiger partial charge in [-0.1, -0.05) is 32.9 Å². The van der Waals surface area contributed by atoms with Gasteiger partial charge in [-0.3, -0.25) is 0 Å². The predicted octanol–water partition coefficient (Wildman–Crippen LogP) is 1.40. The zero-order chi connectivity index (χ0) is 19.5. The van der Waals surface area contributed by atoms with Crippen LogP contribution in [0.4, 0.5) is 4.79 Å². The Morgan fingerprint density at radius 3 is 2.04 bits per heavy atom. The van der Waals surface area contributed by atoms with Crippen LogP contribution in [-0.2, 0) is 33.8 Å². The Morgan fingerprint density at radius 1 is 1.04 bits per heavy atom. The van der Waals surface area contributed by atoms with Gasteiger partial charge in [-0.15, -0.1) is 5.48 Å². The van der Waals surface area contributed by atoms with E-state index in [2.05, 4.69) is 9.02 Å². The first kappa shape index (κ1) is 20.9. The average Bonchev–Trinajstić information content (AvgIpc) is 2.42. The van der Waals surface area contributed by atoms with Gasteiger partial charge in [-0.05, 0) is 17.5 Å². The summed E-state index contributed by atoms with van der Waals surface area (Å²) < 4.78 is 51.7. The first-order valence-electron chi connectivity index (χ1n) is 6.95. The van der Waals surface area contributed by atoms with Crippen LogP contribution in [0.1, 0.15) is 27.2 Å². The Hall–Kier alpha value is -2.14. The molecular formula is C14H19NO8S2. The molecule has 0 atom stereocenters. The molecular weight excluding hydrogens is 374 g/mol. The monoisotopic (exact) mass is 393 g/mol. The van der Waals surface area contributed by atoms with Gasteiger partial charge < -0.3 is 9.02 Å². The molecule has 25 heavy (non-hydrogen) atoms. The van der Waals surface area contributed by atoms with Crippen molar-refractivity contribution in [3.63, 3.8) is 0 Å². The van der Waals surface area contributed by atoms with Gasteiger partial charge in [0, 0.05) is 6.26 Å². The topological polar surface area (TPSA) is 133 Å². The van der Waals surface area contributed by atoms with E-state index < -0.39 is 47.2 Å². The van der Waals surface area contributed by atoms with E-state index in [0.29, 0.717) is 0 Å². The molecule has 0 aliphatic carbocycles. The summed E-state index contributed by atoms with van der Waals surface area (Å²) in [7, 11) is -8.61. The predicted molar refractivity (Wildman–Crippen MR) is 86.5 cm³/mol. The standard InChI is InChI=1S/C14H19NO8S2/c1-14(2,3)9-12(16)22-15-13(17)23-25(20,21)11-8-6-5-7-10(11)24(4,18)19/h5-8H,9H2,1-4H3,(H,15,17). The fourth-order valence-electron chi connectivity index (χ4n) is 1.69. The number of sulfone groups is 1. The minimum absolute atomic E-state index is 0.0308. The van der Waals surface area contributed by atoms with Crippen LogP contribution in [0.3, 0.4) is 0 Å². The van der Waals surface area contributed by atoms with Crippen LogP contribution >= 0.6 is 0 Å². The van der Waals surface area contributed by atoms with Gasteiger partial charge in [0.1, 0.15) is 4.90 Å². The van der Waals surface area contributed by atoms with Crippen LogP contribution in [-0.4, -0.2) is 35.2 Å². The minimum atomic E-state index is -4.74. The van der Waals surface area contributed by atoms with Crippen molar-refractivity contribution in [2.75, 3.05) is 6.26 Å². The molecule has 0 unspecified atom stereocenters. The number of carbonyl (C=O) groups excluding carboxylic acids is 2. The smallest absolute Gasteiger partial charge is 0.338 e. The molecule has 1 N–H and O–H groups in total. The normalized spacial score (nSPS) is 12.3. The molecule has 140 valence electrons. The molecule has 9 nitrogen and oxygen atoms in total. The zero-order valence-electron chi connectivity index (χ0n) is 14.1. The van der Waals surface area contributed by atoms with Crippen LogP contribution in [0.15, 0.2) is 34.1 Å². The fourth-order valence-corrected chi connectivity index (χ4v) is 4.09. The molecule has 11 heteroatoms. The number of rotatable bonds is 4. The van der Waals surface area contributed by atoms with Crippen molar-refractivity contribution < 1.29 is 35.4 Å². The third-order valence-corrected chi connectivity index (χ3v) is 5.18. The molecule has 0 saturated carbocycles. The molecule has 0 spiro atoms. The number of amides is 1. The summed E-state index contributed by atoms with van der Waals surface area (Å²) in [6, 6.07) is 4.63. The highest BCUT2D eigenvalue weighted by atomic mass is 32.2. The van der Waals surface area contributed by atoms with E-state index >= 15 is 0 Å². The Balaban J connectivity index is 2.86. The zero-order valence-corrected chi connectivity index (χ0v) is 15.7. The summed E-state index contributed by atoms with van der Waals surface area (Å²) >= 11 is 0. The number of carbonyl (C=O) groups is 2. The third kappa shape index (κ3) is 6.70. The number of benzene rings is 1. The van der Waals surface area contributed by atoms with Crippen LogP contribution in [0, 0.1) is 5.41 Å². The molecule has 0 radical (unpaired) electrons. The summed E-state index contributed by atoms with van der Waals surface area (Å²) in [6.07, 6.45) is -0.794. The minimum Gasteiger partial charge on any atom is -0.338 e. The van der Waals surface area contributed by atoms with Gasteiger partial charge in [0.05, 0.1) is 11.3 Å². The quantitative estimate of drug-likeness (QED) is 0.599. The van der Waals surface area contributed by atoms with E-state index in [1.807, 2.05) is 0 Å². The van der Waals surface area contributed by atoms with E-state index in [1.54, 1.807) is 26.3 Å². The molecule has 0 aliphatic rings. The summed E-state index contributed by atoms with van der Waals surface area (Å²) in [4.78, 5) is 26.2. The maximum Gasteiger partial charge on any atom is 0.456 e. The molecule has 0 saturated heterocycles. The molecule has 1 aromatic rings. The van der Waals surface area contributed by atoms with E-state index in [9.17, 15) is 26.4 Å². The summed E-state index contributed by atoms with van der Waals surface area (Å²) in [5, 5.41) is 0. The van der Waals surface area contributed by atoms with E-state index in [-0.39, 0.29) is 6.42 Å². The second-order valence-corrected chi connectivity index (χ2v) is 9.86. The van der Waals surface area contributed by atoms with Gasteiger partial charge in [-0.25, -0.2) is 18.0 Å². The first-order valence-corrected chi connectivity index (χ1v) is 10.3. The number of hydrogen-bond acceptors (Lipinski definition) is 8. The molecule has 1 aromatic carbocycles. The lowest BCUT2D eigenvalue weighted by atomic mass is 9.93. The van der Waals surface area contributed by atoms with Crippen molar-refractivity contribution in [1.82, 2.24) is 5.48 Å². The molecule has 0 heterocycles. The van der Waals surface area contributed by atoms with Crippen LogP contribution in [0.25, 0.3) is 0 Å². The van der Waals surface area contributed by atoms with Gasteiger partial charge >= 0.3 is 22.2 Å². The highest BCUT2D eigenvalue weighted by molar-refractivity contribution is 7.92. The maximum absolute atomic E-state index is 12.1. The second-order valence-electron chi connectivity index (χ2n) is 6.36. The Bertz CT molecular complexity index is 866. The molecule has 0 aliphatic heterocycles. The van der Waals surface area contributed by atoms with Crippen molar-refractivity contribution in [2.24, 2.45) is 5.41 Å². The summed E-state index contributed by atoms with van der Waals surface area (Å²) in [6.45, 7) is 5.29. The number of hydroxylamine groups is 1. The fraction of sp³-hybridized carbons (Fsp3) is 0.429. The van der Waals surface area contributed by atoms with Crippen LogP contribution in [0.5, 0.6) is 0 Å². The average molecular weight is 393 g/mol. The summed E-state index contributed by atoms with van der Waals surface area (Å²) in [5.74, 6) is -0.793. The van der Waals surface area contributed by atoms with Crippen molar-refractivity contribution in [2.45, 2.75) is 37.0 Å². The van der Waals surface area contributed by atoms with E-state index in [0.717, 1.165) is 18.4 Å². The van der Waals surface area contributed by atoms with E-state index in [1.165, 1.54) is 12.1 Å². The number of hydrogen-bond donors (Lipinski definition) is 1. The highest BCUT2D eigenvalue weighted by Crippen LogP contribution is 2.22. The molecule has 0 bridgehead atoms. The molecule has 0 aromatic heterocycles. The lowest BCUT2D eigenvalue weighted by Gasteiger charge is -2.16. The summed E-state index contributed by atoms with van der Waals surface area (Å²) in [5.41, 5.74) is 1.15. The maximum atomic E-state index is 12.1. The van der Waals surface area contributed by atoms with Gasteiger partial charge in [0.25, 0.3) is 0 Å². The molecule has 0 fully saturated rings. The van der Waals surface area contributed by atoms with Crippen molar-refractivity contribution in [1.29, 1.82) is 0 Å². The lowest BCUT2D eigenvalue weighted by molar-refractivity contribution is -0.151. The van der Waals surface area contributed by atoms with Crippen molar-refractivity contribution >= 4 is 32.0 Å². The SMILES string of the molecule is CC(C)(C)CC(=O)ONC(=O)OS(=O)(=O)c1ccccc1S(C)(=O)=O. The first-order chi connectivity index (χ1) is 11.2. The van der Waals surface area contributed by atoms with Crippen LogP contribution < -0.4 is 5.48 Å². The van der Waals surface area contributed by atoms with Crippen LogP contribution in [0.2, 0.25) is 0 Å². The molecule has 1 amide bonds. The van der Waals surface area contributed by atoms with E-state index in [4.69, 9.17) is 0 Å². The lowest BCUT2D eigenvalue weighted by Crippen LogP contribution is -2.31. The number of nitrogens with one attached hydrogen (secondary N) is 1. The van der Waals surface area contributed by atoms with Gasteiger partial charge in [-0.2, -0.15) is 8.42 Å². The largest absolute Gasteiger partial charge is 0.456 e. The Kier molecular flexibility index (Phi) is 6.19. The van der Waals surface area contributed by atoms with Gasteiger partial charge in [0.2, 0.25) is 0 Å². The Morgan fingerprint density at radius 2 is 1.56 bits per heavy atom. The van der Waals surface area contributed by atoms with Gasteiger partial charge in [0.15, 0.2) is 9.84 Å². The van der Waals surface area contributed by atoms with Crippen molar-refractivity contribution in [3.05, 3.63) is 24.3 Å². The Labute approximate surface area is 146 Å². The van der Waals surface area contributed by atoms with Crippen molar-refractivity contribution in [3.8, 4) is 0 Å².